The first kappa shape index (κ1) is 23.1. The van der Waals surface area contributed by atoms with Gasteiger partial charge in [-0.15, -0.1) is 11.3 Å². The highest BCUT2D eigenvalue weighted by atomic mass is 32.2. The molecular formula is C23H24N4O4S2. The largest absolute Gasteiger partial charge is 0.326 e. The molecule has 0 unspecified atom stereocenters. The second-order valence-corrected chi connectivity index (χ2v) is 10.6. The Labute approximate surface area is 196 Å². The van der Waals surface area contributed by atoms with Crippen LogP contribution in [-0.2, 0) is 20.6 Å². The number of carbonyl (C=O) groups excluding carboxylic acids is 2. The predicted octanol–water partition coefficient (Wildman–Crippen LogP) is 3.58. The van der Waals surface area contributed by atoms with E-state index in [2.05, 4.69) is 15.6 Å². The van der Waals surface area contributed by atoms with Crippen molar-refractivity contribution in [2.24, 2.45) is 5.92 Å². The molecule has 172 valence electrons. The zero-order valence-electron chi connectivity index (χ0n) is 17.8. The molecule has 33 heavy (non-hydrogen) atoms. The smallest absolute Gasteiger partial charge is 0.257 e. The van der Waals surface area contributed by atoms with Gasteiger partial charge in [-0.3, -0.25) is 14.9 Å². The van der Waals surface area contributed by atoms with E-state index in [9.17, 15) is 18.0 Å². The summed E-state index contributed by atoms with van der Waals surface area (Å²) in [6, 6.07) is 15.7. The fraction of sp³-hybridized carbons (Fsp3) is 0.261. The number of nitrogens with one attached hydrogen (secondary N) is 2. The van der Waals surface area contributed by atoms with Gasteiger partial charge in [-0.25, -0.2) is 17.7 Å². The van der Waals surface area contributed by atoms with Crippen LogP contribution in [0.1, 0.15) is 28.8 Å². The zero-order valence-corrected chi connectivity index (χ0v) is 19.4. The lowest BCUT2D eigenvalue weighted by Gasteiger charge is -2.30. The van der Waals surface area contributed by atoms with Gasteiger partial charge in [0, 0.05) is 41.8 Å². The SMILES string of the molecule is O=C(Nc1nccs1)c1ccc(NC(=O)C2CCN(S(=O)(=O)Cc3ccccc3)CC2)cc1. The zero-order chi connectivity index (χ0) is 23.3. The Kier molecular flexibility index (Phi) is 7.17. The fourth-order valence-electron chi connectivity index (χ4n) is 3.68. The summed E-state index contributed by atoms with van der Waals surface area (Å²) in [5.41, 5.74) is 1.80. The molecule has 2 heterocycles. The van der Waals surface area contributed by atoms with Crippen LogP contribution in [0.2, 0.25) is 0 Å². The molecule has 1 saturated heterocycles. The van der Waals surface area contributed by atoms with Crippen molar-refractivity contribution in [3.8, 4) is 0 Å². The van der Waals surface area contributed by atoms with E-state index in [0.717, 1.165) is 5.56 Å². The van der Waals surface area contributed by atoms with E-state index >= 15 is 0 Å². The summed E-state index contributed by atoms with van der Waals surface area (Å²) >= 11 is 1.33. The number of aromatic nitrogens is 1. The lowest BCUT2D eigenvalue weighted by Crippen LogP contribution is -2.41. The van der Waals surface area contributed by atoms with Crippen molar-refractivity contribution in [3.63, 3.8) is 0 Å². The van der Waals surface area contributed by atoms with E-state index < -0.39 is 10.0 Å². The summed E-state index contributed by atoms with van der Waals surface area (Å²) in [5, 5.41) is 7.87. The summed E-state index contributed by atoms with van der Waals surface area (Å²) in [4.78, 5) is 28.9. The van der Waals surface area contributed by atoms with Gasteiger partial charge in [0.1, 0.15) is 0 Å². The molecule has 8 nitrogen and oxygen atoms in total. The maximum absolute atomic E-state index is 12.7. The predicted molar refractivity (Wildman–Crippen MR) is 129 cm³/mol. The van der Waals surface area contributed by atoms with Gasteiger partial charge in [0.15, 0.2) is 5.13 Å². The first-order valence-corrected chi connectivity index (χ1v) is 13.0. The van der Waals surface area contributed by atoms with Crippen LogP contribution < -0.4 is 10.6 Å². The summed E-state index contributed by atoms with van der Waals surface area (Å²) in [5.74, 6) is -0.712. The molecule has 2 amide bonds. The first-order valence-electron chi connectivity index (χ1n) is 10.5. The third-order valence-electron chi connectivity index (χ3n) is 5.48. The van der Waals surface area contributed by atoms with Crippen LogP contribution in [0, 0.1) is 5.92 Å². The molecule has 1 fully saturated rings. The molecule has 10 heteroatoms. The molecule has 2 N–H and O–H groups in total. The number of piperidine rings is 1. The van der Waals surface area contributed by atoms with Gasteiger partial charge < -0.3 is 5.32 Å². The van der Waals surface area contributed by atoms with E-state index in [-0.39, 0.29) is 23.5 Å². The second-order valence-electron chi connectivity index (χ2n) is 7.77. The van der Waals surface area contributed by atoms with Crippen LogP contribution in [0.5, 0.6) is 0 Å². The first-order chi connectivity index (χ1) is 15.9. The van der Waals surface area contributed by atoms with Crippen molar-refractivity contribution in [1.82, 2.24) is 9.29 Å². The van der Waals surface area contributed by atoms with Gasteiger partial charge in [0.2, 0.25) is 15.9 Å². The number of amides is 2. The Morgan fingerprint density at radius 3 is 2.33 bits per heavy atom. The average Bonchev–Trinajstić information content (AvgIpc) is 3.33. The summed E-state index contributed by atoms with van der Waals surface area (Å²) in [7, 11) is -3.42. The van der Waals surface area contributed by atoms with Crippen molar-refractivity contribution < 1.29 is 18.0 Å². The van der Waals surface area contributed by atoms with Crippen molar-refractivity contribution in [3.05, 3.63) is 77.3 Å². The Morgan fingerprint density at radius 2 is 1.70 bits per heavy atom. The Balaban J connectivity index is 1.28. The van der Waals surface area contributed by atoms with Crippen LogP contribution in [0.25, 0.3) is 0 Å². The number of hydrogen-bond acceptors (Lipinski definition) is 6. The molecule has 0 spiro atoms. The number of benzene rings is 2. The fourth-order valence-corrected chi connectivity index (χ4v) is 5.76. The van der Waals surface area contributed by atoms with Crippen molar-refractivity contribution in [2.75, 3.05) is 23.7 Å². The number of nitrogens with zero attached hydrogens (tertiary/aromatic N) is 2. The van der Waals surface area contributed by atoms with E-state index in [0.29, 0.717) is 42.3 Å². The maximum Gasteiger partial charge on any atom is 0.257 e. The standard InChI is InChI=1S/C23H24N4O4S2/c28-21(25-20-8-6-18(7-9-20)22(29)26-23-24-12-15-32-23)19-10-13-27(14-11-19)33(30,31)16-17-4-2-1-3-5-17/h1-9,12,15,19H,10-11,13-14,16H2,(H,25,28)(H,24,26,29). The Hall–Kier alpha value is -3.08. The number of rotatable bonds is 7. The van der Waals surface area contributed by atoms with Crippen molar-refractivity contribution in [2.45, 2.75) is 18.6 Å². The molecule has 1 aliphatic rings. The van der Waals surface area contributed by atoms with E-state index in [1.165, 1.54) is 15.6 Å². The Morgan fingerprint density at radius 1 is 1.00 bits per heavy atom. The molecule has 1 aliphatic heterocycles. The third-order valence-corrected chi connectivity index (χ3v) is 8.02. The number of sulfonamides is 1. The highest BCUT2D eigenvalue weighted by Crippen LogP contribution is 2.23. The lowest BCUT2D eigenvalue weighted by molar-refractivity contribution is -0.120. The Bertz CT molecular complexity index is 1190. The van der Waals surface area contributed by atoms with Gasteiger partial charge in [-0.1, -0.05) is 30.3 Å². The minimum Gasteiger partial charge on any atom is -0.326 e. The lowest BCUT2D eigenvalue weighted by atomic mass is 9.97. The number of anilines is 2. The molecule has 0 bridgehead atoms. The van der Waals surface area contributed by atoms with E-state index in [1.54, 1.807) is 48.0 Å². The third kappa shape index (κ3) is 6.04. The van der Waals surface area contributed by atoms with Gasteiger partial charge in [0.05, 0.1) is 5.75 Å². The van der Waals surface area contributed by atoms with E-state index in [4.69, 9.17) is 0 Å². The highest BCUT2D eigenvalue weighted by molar-refractivity contribution is 7.88. The van der Waals surface area contributed by atoms with E-state index in [1.807, 2.05) is 18.2 Å². The normalized spacial score (nSPS) is 15.2. The topological polar surface area (TPSA) is 108 Å². The minimum absolute atomic E-state index is 0.0345. The quantitative estimate of drug-likeness (QED) is 0.533. The molecule has 3 aromatic rings. The molecule has 0 aliphatic carbocycles. The van der Waals surface area contributed by atoms with Gasteiger partial charge in [-0.05, 0) is 42.7 Å². The second kappa shape index (κ2) is 10.2. The van der Waals surface area contributed by atoms with Crippen LogP contribution >= 0.6 is 11.3 Å². The molecule has 0 saturated carbocycles. The summed E-state index contributed by atoms with van der Waals surface area (Å²) in [6.45, 7) is 0.645. The summed E-state index contributed by atoms with van der Waals surface area (Å²) in [6.07, 6.45) is 2.55. The van der Waals surface area contributed by atoms with Crippen LogP contribution in [-0.4, -0.2) is 42.6 Å². The maximum atomic E-state index is 12.7. The summed E-state index contributed by atoms with van der Waals surface area (Å²) < 4.78 is 26.9. The van der Waals surface area contributed by atoms with Gasteiger partial charge >= 0.3 is 0 Å². The molecule has 4 rings (SSSR count). The number of hydrogen-bond donors (Lipinski definition) is 2. The van der Waals surface area contributed by atoms with Crippen molar-refractivity contribution >= 4 is 44.0 Å². The minimum atomic E-state index is -3.42. The number of thiazole rings is 1. The molecule has 2 aromatic carbocycles. The van der Waals surface area contributed by atoms with Crippen LogP contribution in [0.3, 0.4) is 0 Å². The van der Waals surface area contributed by atoms with Gasteiger partial charge in [-0.2, -0.15) is 0 Å². The average molecular weight is 485 g/mol. The molecule has 0 atom stereocenters. The molecule has 0 radical (unpaired) electrons. The van der Waals surface area contributed by atoms with Crippen LogP contribution in [0.4, 0.5) is 10.8 Å². The molecule has 1 aromatic heterocycles. The monoisotopic (exact) mass is 484 g/mol. The van der Waals surface area contributed by atoms with Crippen molar-refractivity contribution in [1.29, 1.82) is 0 Å². The molecular weight excluding hydrogens is 460 g/mol. The highest BCUT2D eigenvalue weighted by Gasteiger charge is 2.31. The number of carbonyl (C=O) groups is 2. The van der Waals surface area contributed by atoms with Gasteiger partial charge in [0.25, 0.3) is 5.91 Å². The van der Waals surface area contributed by atoms with Crippen LogP contribution in [0.15, 0.2) is 66.2 Å².